The third-order valence-corrected chi connectivity index (χ3v) is 13.4. The van der Waals surface area contributed by atoms with E-state index in [2.05, 4.69) is 151 Å². The highest BCUT2D eigenvalue weighted by molar-refractivity contribution is 6.16. The van der Waals surface area contributed by atoms with Gasteiger partial charge in [-0.1, -0.05) is 169 Å². The fourth-order valence-corrected chi connectivity index (χ4v) is 10.0. The van der Waals surface area contributed by atoms with E-state index in [0.29, 0.717) is 6.54 Å². The average molecular weight is 919 g/mol. The van der Waals surface area contributed by atoms with Crippen molar-refractivity contribution in [3.05, 3.63) is 235 Å². The first-order chi connectivity index (χ1) is 34.9. The summed E-state index contributed by atoms with van der Waals surface area (Å²) < 4.78 is 21.2. The van der Waals surface area contributed by atoms with Gasteiger partial charge in [-0.25, -0.2) is 4.99 Å². The number of benzene rings is 10. The van der Waals surface area contributed by atoms with Crippen molar-refractivity contribution in [2.24, 2.45) is 10.7 Å². The molecule has 0 unspecified atom stereocenters. The predicted molar refractivity (Wildman–Crippen MR) is 295 cm³/mol. The molecular formula is C64H46N4O3. The number of hydrogen-bond donors (Lipinski definition) is 2. The van der Waals surface area contributed by atoms with Gasteiger partial charge in [0, 0.05) is 66.8 Å². The van der Waals surface area contributed by atoms with Gasteiger partial charge in [0.05, 0.1) is 16.7 Å². The van der Waals surface area contributed by atoms with Gasteiger partial charge in [0.25, 0.3) is 0 Å². The maximum absolute atomic E-state index is 7.71. The van der Waals surface area contributed by atoms with Gasteiger partial charge in [-0.15, -0.1) is 0 Å². The molecule has 0 fully saturated rings. The third-order valence-electron chi connectivity index (χ3n) is 13.4. The molecule has 0 aliphatic carbocycles. The van der Waals surface area contributed by atoms with Crippen LogP contribution in [-0.4, -0.2) is 17.1 Å². The molecule has 0 radical (unpaired) electrons. The maximum atomic E-state index is 7.71. The van der Waals surface area contributed by atoms with Crippen LogP contribution in [0.2, 0.25) is 0 Å². The summed E-state index contributed by atoms with van der Waals surface area (Å²) in [6.07, 6.45) is 0. The van der Waals surface area contributed by atoms with E-state index in [1.807, 2.05) is 91.0 Å². The number of aliphatic imine (C=N–C) groups is 1. The fourth-order valence-electron chi connectivity index (χ4n) is 10.0. The van der Waals surface area contributed by atoms with Crippen molar-refractivity contribution in [2.45, 2.75) is 13.5 Å². The Morgan fingerprint density at radius 1 is 0.479 bits per heavy atom. The lowest BCUT2D eigenvalue weighted by Crippen LogP contribution is -1.96. The van der Waals surface area contributed by atoms with Gasteiger partial charge in [0.2, 0.25) is 0 Å². The summed E-state index contributed by atoms with van der Waals surface area (Å²) in [5, 5.41) is 16.8. The van der Waals surface area contributed by atoms with E-state index in [-0.39, 0.29) is 5.84 Å². The number of nitrogens with one attached hydrogen (secondary N) is 1. The Kier molecular flexibility index (Phi) is 10.9. The van der Waals surface area contributed by atoms with Crippen LogP contribution in [0.15, 0.2) is 237 Å². The Morgan fingerprint density at radius 2 is 1.06 bits per heavy atom. The summed E-state index contributed by atoms with van der Waals surface area (Å²) in [6.45, 7) is 5.93. The number of aromatic nitrogens is 1. The third kappa shape index (κ3) is 7.62. The van der Waals surface area contributed by atoms with Crippen LogP contribution >= 0.6 is 0 Å². The molecule has 14 rings (SSSR count). The normalized spacial score (nSPS) is 11.4. The molecule has 14 aromatic rings. The van der Waals surface area contributed by atoms with Crippen LogP contribution in [0.25, 0.3) is 116 Å². The Balaban J connectivity index is 0.000000144. The van der Waals surface area contributed by atoms with Crippen molar-refractivity contribution in [1.82, 2.24) is 4.57 Å². The van der Waals surface area contributed by atoms with Gasteiger partial charge in [0.15, 0.2) is 5.84 Å². The molecule has 10 aromatic carbocycles. The summed E-state index contributed by atoms with van der Waals surface area (Å²) in [7, 11) is 0. The molecule has 0 bridgehead atoms. The molecule has 4 heterocycles. The highest BCUT2D eigenvalue weighted by atomic mass is 16.3. The first-order valence-electron chi connectivity index (χ1n) is 23.6. The minimum Gasteiger partial charge on any atom is -0.456 e. The van der Waals surface area contributed by atoms with Gasteiger partial charge in [0.1, 0.15) is 33.5 Å². The number of nitrogens with two attached hydrogens (primary N) is 1. The molecule has 4 aromatic heterocycles. The Morgan fingerprint density at radius 3 is 1.75 bits per heavy atom. The van der Waals surface area contributed by atoms with E-state index in [9.17, 15) is 0 Å². The molecule has 0 aliphatic heterocycles. The Labute approximate surface area is 408 Å². The standard InChI is InChI=1S/C37H24N2O2.C20H14N2O.C7H8/c38-21-23-8-7-15-34-36(23)29-18-22(16-17-33(29)40-34)28-19-24(20-35-37(28)27-11-3-6-14-32(27)41-35)39-30-12-4-1-9-25(30)26-10-2-5-13-31(26)39;1-22-20(21)14-11-9-13(10-12-14)15-6-4-7-17-16-5-2-3-8-18(16)23-19(15)17;1-7-5-3-2-4-6-7/h1-20H,21,38H2;2-12,21H,1H2;2-6H,1H3. The van der Waals surface area contributed by atoms with Gasteiger partial charge in [-0.05, 0) is 84.4 Å². The first kappa shape index (κ1) is 43.0. The van der Waals surface area contributed by atoms with Crippen molar-refractivity contribution in [3.63, 3.8) is 0 Å². The molecule has 0 saturated heterocycles. The summed E-state index contributed by atoms with van der Waals surface area (Å²) >= 11 is 0. The topological polar surface area (TPSA) is 107 Å². The molecular weight excluding hydrogens is 873 g/mol. The van der Waals surface area contributed by atoms with Crippen LogP contribution in [0.3, 0.4) is 0 Å². The summed E-state index contributed by atoms with van der Waals surface area (Å²) in [5.41, 5.74) is 22.2. The molecule has 0 aliphatic rings. The zero-order valence-electron chi connectivity index (χ0n) is 38.9. The van der Waals surface area contributed by atoms with E-state index in [1.54, 1.807) is 0 Å². The van der Waals surface area contributed by atoms with E-state index in [0.717, 1.165) is 105 Å². The second kappa shape index (κ2) is 18.0. The molecule has 71 heavy (non-hydrogen) atoms. The molecule has 0 spiro atoms. The Hall–Kier alpha value is -9.30. The van der Waals surface area contributed by atoms with Crippen LogP contribution in [-0.2, 0) is 6.54 Å². The number of nitrogens with zero attached hydrogens (tertiary/aromatic N) is 2. The van der Waals surface area contributed by atoms with Crippen LogP contribution in [0.5, 0.6) is 0 Å². The number of para-hydroxylation sites is 5. The molecule has 0 saturated carbocycles. The van der Waals surface area contributed by atoms with E-state index in [4.69, 9.17) is 24.4 Å². The fraction of sp³-hybridized carbons (Fsp3) is 0.0312. The number of aryl methyl sites for hydroxylation is 1. The second-order valence-electron chi connectivity index (χ2n) is 17.7. The average Bonchev–Trinajstić information content (AvgIpc) is 4.20. The zero-order valence-corrected chi connectivity index (χ0v) is 38.9. The number of fused-ring (bicyclic) bond motifs is 12. The number of hydrogen-bond acceptors (Lipinski definition) is 5. The monoisotopic (exact) mass is 918 g/mol. The van der Waals surface area contributed by atoms with Crippen LogP contribution in [0.1, 0.15) is 16.7 Å². The van der Waals surface area contributed by atoms with Crippen molar-refractivity contribution in [2.75, 3.05) is 0 Å². The second-order valence-corrected chi connectivity index (χ2v) is 17.7. The molecule has 7 nitrogen and oxygen atoms in total. The quantitative estimate of drug-likeness (QED) is 0.132. The highest BCUT2D eigenvalue weighted by Crippen LogP contribution is 2.43. The largest absolute Gasteiger partial charge is 0.456 e. The predicted octanol–water partition coefficient (Wildman–Crippen LogP) is 17.0. The SMILES string of the molecule is C=NC(=N)c1ccc(-c2cccc3c2oc2ccccc23)cc1.Cc1ccccc1.NCc1cccc2oc3ccc(-c4cc(-n5c6ccccc6c6ccccc65)cc5oc6ccccc6c45)cc3c12. The number of furan rings is 3. The molecule has 7 heteroatoms. The van der Waals surface area contributed by atoms with Crippen LogP contribution in [0, 0.1) is 12.3 Å². The van der Waals surface area contributed by atoms with Crippen LogP contribution < -0.4 is 5.73 Å². The van der Waals surface area contributed by atoms with E-state index >= 15 is 0 Å². The first-order valence-corrected chi connectivity index (χ1v) is 23.6. The van der Waals surface area contributed by atoms with Crippen molar-refractivity contribution < 1.29 is 13.3 Å². The van der Waals surface area contributed by atoms with Gasteiger partial charge in [-0.3, -0.25) is 5.41 Å². The number of amidine groups is 1. The number of rotatable bonds is 5. The van der Waals surface area contributed by atoms with Gasteiger partial charge in [-0.2, -0.15) is 0 Å². The molecule has 0 amide bonds. The van der Waals surface area contributed by atoms with Crippen molar-refractivity contribution >= 4 is 100 Å². The molecule has 0 atom stereocenters. The van der Waals surface area contributed by atoms with E-state index < -0.39 is 0 Å². The lowest BCUT2D eigenvalue weighted by atomic mass is 9.96. The van der Waals surface area contributed by atoms with Gasteiger partial charge < -0.3 is 23.6 Å². The van der Waals surface area contributed by atoms with Gasteiger partial charge >= 0.3 is 0 Å². The molecule has 340 valence electrons. The highest BCUT2D eigenvalue weighted by Gasteiger charge is 2.20. The summed E-state index contributed by atoms with van der Waals surface area (Å²) in [5.74, 6) is 0.179. The maximum Gasteiger partial charge on any atom is 0.151 e. The van der Waals surface area contributed by atoms with Crippen molar-refractivity contribution in [3.8, 4) is 27.9 Å². The lowest BCUT2D eigenvalue weighted by molar-refractivity contribution is 0.668. The minimum absolute atomic E-state index is 0.179. The van der Waals surface area contributed by atoms with E-state index in [1.165, 1.54) is 27.4 Å². The zero-order chi connectivity index (χ0) is 48.0. The summed E-state index contributed by atoms with van der Waals surface area (Å²) in [6, 6.07) is 74.7. The van der Waals surface area contributed by atoms with Crippen molar-refractivity contribution in [1.29, 1.82) is 5.41 Å². The smallest absolute Gasteiger partial charge is 0.151 e. The lowest BCUT2D eigenvalue weighted by Gasteiger charge is -2.12. The summed E-state index contributed by atoms with van der Waals surface area (Å²) in [4.78, 5) is 3.65. The minimum atomic E-state index is 0.179. The Bertz CT molecular complexity index is 4270. The molecule has 3 N–H and O–H groups in total. The van der Waals surface area contributed by atoms with Crippen LogP contribution in [0.4, 0.5) is 0 Å².